The van der Waals surface area contributed by atoms with E-state index in [0.717, 1.165) is 5.69 Å². The number of anilines is 2. The van der Waals surface area contributed by atoms with E-state index in [1.165, 1.54) is 22.6 Å². The van der Waals surface area contributed by atoms with E-state index >= 15 is 0 Å². The Morgan fingerprint density at radius 3 is 2.36 bits per heavy atom. The van der Waals surface area contributed by atoms with Crippen LogP contribution in [0.3, 0.4) is 0 Å². The first-order chi connectivity index (χ1) is 11.9. The monoisotopic (exact) mass is 340 g/mol. The molecule has 1 saturated heterocycles. The maximum Gasteiger partial charge on any atom is 0.229 e. The summed E-state index contributed by atoms with van der Waals surface area (Å²) in [6.07, 6.45) is 0.160. The number of hydrogen-bond donors (Lipinski definition) is 1. The summed E-state index contributed by atoms with van der Waals surface area (Å²) in [4.78, 5) is 26.2. The lowest BCUT2D eigenvalue weighted by Gasteiger charge is -2.16. The van der Waals surface area contributed by atoms with Crippen LogP contribution in [0.15, 0.2) is 48.5 Å². The van der Waals surface area contributed by atoms with Crippen molar-refractivity contribution in [1.29, 1.82) is 0 Å². The molecule has 130 valence electrons. The van der Waals surface area contributed by atoms with E-state index in [0.29, 0.717) is 18.2 Å². The van der Waals surface area contributed by atoms with Gasteiger partial charge in [0.15, 0.2) is 0 Å². The number of nitrogens with zero attached hydrogens (tertiary/aromatic N) is 1. The maximum atomic E-state index is 13.0. The van der Waals surface area contributed by atoms with E-state index in [1.54, 1.807) is 12.1 Å². The van der Waals surface area contributed by atoms with Crippen LogP contribution in [0, 0.1) is 11.7 Å². The van der Waals surface area contributed by atoms with Gasteiger partial charge < -0.3 is 10.2 Å². The number of carbonyl (C=O) groups is 2. The van der Waals surface area contributed by atoms with Crippen molar-refractivity contribution in [2.24, 2.45) is 5.92 Å². The molecule has 3 rings (SSSR count). The number of hydrogen-bond acceptors (Lipinski definition) is 2. The number of amides is 2. The third-order valence-electron chi connectivity index (χ3n) is 4.48. The van der Waals surface area contributed by atoms with Crippen LogP contribution >= 0.6 is 0 Å². The molecule has 0 bridgehead atoms. The first-order valence-electron chi connectivity index (χ1n) is 8.41. The zero-order chi connectivity index (χ0) is 18.0. The Morgan fingerprint density at radius 1 is 1.12 bits per heavy atom. The Kier molecular flexibility index (Phi) is 4.83. The SMILES string of the molecule is CC(C)c1ccc(NC(=O)[C@H]2CC(=O)N(c3ccc(F)cc3)C2)cc1. The second-order valence-electron chi connectivity index (χ2n) is 6.65. The van der Waals surface area contributed by atoms with Crippen molar-refractivity contribution in [2.75, 3.05) is 16.8 Å². The van der Waals surface area contributed by atoms with Gasteiger partial charge in [-0.1, -0.05) is 26.0 Å². The molecular formula is C20H21FN2O2. The highest BCUT2D eigenvalue weighted by Gasteiger charge is 2.35. The van der Waals surface area contributed by atoms with Crippen LogP contribution in [0.4, 0.5) is 15.8 Å². The topological polar surface area (TPSA) is 49.4 Å². The second-order valence-corrected chi connectivity index (χ2v) is 6.65. The van der Waals surface area contributed by atoms with E-state index in [1.807, 2.05) is 24.3 Å². The predicted molar refractivity (Wildman–Crippen MR) is 96.0 cm³/mol. The average Bonchev–Trinajstić information content (AvgIpc) is 2.98. The summed E-state index contributed by atoms with van der Waals surface area (Å²) >= 11 is 0. The van der Waals surface area contributed by atoms with Crippen LogP contribution in [0.25, 0.3) is 0 Å². The molecule has 2 aromatic rings. The largest absolute Gasteiger partial charge is 0.326 e. The van der Waals surface area contributed by atoms with E-state index in [9.17, 15) is 14.0 Å². The number of halogens is 1. The van der Waals surface area contributed by atoms with Crippen LogP contribution in [-0.4, -0.2) is 18.4 Å². The van der Waals surface area contributed by atoms with Crippen LogP contribution in [0.5, 0.6) is 0 Å². The molecule has 1 aliphatic rings. The van der Waals surface area contributed by atoms with Gasteiger partial charge >= 0.3 is 0 Å². The lowest BCUT2D eigenvalue weighted by molar-refractivity contribution is -0.122. The van der Waals surface area contributed by atoms with Crippen molar-refractivity contribution in [3.05, 3.63) is 59.9 Å². The molecule has 1 heterocycles. The molecule has 0 unspecified atom stereocenters. The minimum atomic E-state index is -0.415. The molecule has 0 saturated carbocycles. The fourth-order valence-electron chi connectivity index (χ4n) is 2.95. The third kappa shape index (κ3) is 3.87. The summed E-state index contributed by atoms with van der Waals surface area (Å²) in [5, 5.41) is 2.87. The molecule has 25 heavy (non-hydrogen) atoms. The fraction of sp³-hybridized carbons (Fsp3) is 0.300. The summed E-state index contributed by atoms with van der Waals surface area (Å²) in [5.41, 5.74) is 2.54. The second kappa shape index (κ2) is 7.05. The number of carbonyl (C=O) groups excluding carboxylic acids is 2. The summed E-state index contributed by atoms with van der Waals surface area (Å²) in [7, 11) is 0. The van der Waals surface area contributed by atoms with Crippen LogP contribution in [0.2, 0.25) is 0 Å². The minimum Gasteiger partial charge on any atom is -0.326 e. The van der Waals surface area contributed by atoms with Gasteiger partial charge in [-0.25, -0.2) is 4.39 Å². The number of nitrogens with one attached hydrogen (secondary N) is 1. The molecule has 4 nitrogen and oxygen atoms in total. The molecule has 0 aromatic heterocycles. The van der Waals surface area contributed by atoms with E-state index in [-0.39, 0.29) is 24.1 Å². The average molecular weight is 340 g/mol. The van der Waals surface area contributed by atoms with Gasteiger partial charge in [0, 0.05) is 24.3 Å². The maximum absolute atomic E-state index is 13.0. The molecule has 0 aliphatic carbocycles. The standard InChI is InChI=1S/C20H21FN2O2/c1-13(2)14-3-7-17(8-4-14)22-20(25)15-11-19(24)23(12-15)18-9-5-16(21)6-10-18/h3-10,13,15H,11-12H2,1-2H3,(H,22,25)/t15-/m0/s1. The summed E-state index contributed by atoms with van der Waals surface area (Å²) in [6.45, 7) is 4.53. The van der Waals surface area contributed by atoms with Gasteiger partial charge in [-0.15, -0.1) is 0 Å². The minimum absolute atomic E-state index is 0.123. The Bertz CT molecular complexity index is 769. The van der Waals surface area contributed by atoms with Gasteiger partial charge in [-0.05, 0) is 47.9 Å². The molecule has 1 aliphatic heterocycles. The smallest absolute Gasteiger partial charge is 0.229 e. The molecule has 1 fully saturated rings. The number of benzene rings is 2. The van der Waals surface area contributed by atoms with Gasteiger partial charge in [0.25, 0.3) is 0 Å². The van der Waals surface area contributed by atoms with E-state index < -0.39 is 5.92 Å². The van der Waals surface area contributed by atoms with Crippen LogP contribution in [0.1, 0.15) is 31.7 Å². The Labute approximate surface area is 146 Å². The van der Waals surface area contributed by atoms with Crippen molar-refractivity contribution < 1.29 is 14.0 Å². The molecule has 2 amide bonds. The Hall–Kier alpha value is -2.69. The van der Waals surface area contributed by atoms with E-state index in [4.69, 9.17) is 0 Å². The normalized spacial score (nSPS) is 17.2. The fourth-order valence-corrected chi connectivity index (χ4v) is 2.95. The molecule has 1 atom stereocenters. The number of rotatable bonds is 4. The highest BCUT2D eigenvalue weighted by molar-refractivity contribution is 6.03. The Morgan fingerprint density at radius 2 is 1.76 bits per heavy atom. The van der Waals surface area contributed by atoms with Gasteiger partial charge in [0.05, 0.1) is 5.92 Å². The van der Waals surface area contributed by atoms with Gasteiger partial charge in [-0.3, -0.25) is 9.59 Å². The van der Waals surface area contributed by atoms with Gasteiger partial charge in [-0.2, -0.15) is 0 Å². The zero-order valence-corrected chi connectivity index (χ0v) is 14.3. The van der Waals surface area contributed by atoms with Gasteiger partial charge in [0.2, 0.25) is 11.8 Å². The molecular weight excluding hydrogens is 319 g/mol. The lowest BCUT2D eigenvalue weighted by atomic mass is 10.0. The van der Waals surface area contributed by atoms with Crippen molar-refractivity contribution >= 4 is 23.2 Å². The van der Waals surface area contributed by atoms with Crippen molar-refractivity contribution in [3.8, 4) is 0 Å². The zero-order valence-electron chi connectivity index (χ0n) is 14.3. The highest BCUT2D eigenvalue weighted by Crippen LogP contribution is 2.26. The molecule has 2 aromatic carbocycles. The van der Waals surface area contributed by atoms with Crippen LogP contribution in [-0.2, 0) is 9.59 Å². The predicted octanol–water partition coefficient (Wildman–Crippen LogP) is 3.94. The van der Waals surface area contributed by atoms with Crippen LogP contribution < -0.4 is 10.2 Å². The van der Waals surface area contributed by atoms with Gasteiger partial charge in [0.1, 0.15) is 5.82 Å². The van der Waals surface area contributed by atoms with Crippen molar-refractivity contribution in [1.82, 2.24) is 0 Å². The summed E-state index contributed by atoms with van der Waals surface area (Å²) < 4.78 is 13.0. The molecule has 5 heteroatoms. The lowest BCUT2D eigenvalue weighted by Crippen LogP contribution is -2.28. The quantitative estimate of drug-likeness (QED) is 0.916. The summed E-state index contributed by atoms with van der Waals surface area (Å²) in [6, 6.07) is 13.5. The van der Waals surface area contributed by atoms with E-state index in [2.05, 4.69) is 19.2 Å². The molecule has 0 spiro atoms. The molecule has 1 N–H and O–H groups in total. The first kappa shape index (κ1) is 17.1. The molecule has 0 radical (unpaired) electrons. The van der Waals surface area contributed by atoms with Crippen molar-refractivity contribution in [3.63, 3.8) is 0 Å². The highest BCUT2D eigenvalue weighted by atomic mass is 19.1. The van der Waals surface area contributed by atoms with Crippen molar-refractivity contribution in [2.45, 2.75) is 26.2 Å². The summed E-state index contributed by atoms with van der Waals surface area (Å²) in [5.74, 6) is -0.629. The first-order valence-corrected chi connectivity index (χ1v) is 8.41. The third-order valence-corrected chi connectivity index (χ3v) is 4.48. The Balaban J connectivity index is 1.65.